The minimum Gasteiger partial charge on any atom is -0.382 e. The standard InChI is InChI=1S/C35H38BF3N6O5S/c1-35(2,14-27(46)40-10-11-44-28(47)13-26(51-36)33(44)49)31(45-17-22-24(39)15-41-29(22)30(48)34(45)50)32-42-25(21-12-20(37)8-9-23(21)38)18-43(32)16-19-6-4-3-5-7-19/h3-9,12,18,22,24,26,29-31,41,48H,10-11,13-17H2,1-2H3,(H,40,46)/t22-,24-,26?,29?,30-,31-/m0/s1. The van der Waals surface area contributed by atoms with Crippen molar-refractivity contribution in [1.82, 2.24) is 30.0 Å². The summed E-state index contributed by atoms with van der Waals surface area (Å²) in [6.07, 6.45) is -1.63. The van der Waals surface area contributed by atoms with E-state index >= 15 is 8.78 Å². The van der Waals surface area contributed by atoms with Crippen molar-refractivity contribution < 1.29 is 37.5 Å². The van der Waals surface area contributed by atoms with E-state index in [0.717, 1.165) is 40.3 Å². The molecule has 3 aliphatic heterocycles. The van der Waals surface area contributed by atoms with Crippen molar-refractivity contribution in [3.63, 3.8) is 0 Å². The number of fused-ring (bicyclic) bond motifs is 1. The third-order valence-electron chi connectivity index (χ3n) is 9.90. The van der Waals surface area contributed by atoms with E-state index in [1.54, 1.807) is 24.6 Å². The van der Waals surface area contributed by atoms with Gasteiger partial charge in [-0.25, -0.2) is 29.8 Å². The van der Waals surface area contributed by atoms with E-state index in [1.807, 2.05) is 30.3 Å². The minimum atomic E-state index is -1.58. The van der Waals surface area contributed by atoms with Gasteiger partial charge in [-0.15, -0.1) is 0 Å². The van der Waals surface area contributed by atoms with Crippen molar-refractivity contribution in [2.75, 3.05) is 26.2 Å². The molecule has 6 atom stereocenters. The number of carbonyl (C=O) groups is 4. The molecule has 6 rings (SSSR count). The maximum absolute atomic E-state index is 15.2. The van der Waals surface area contributed by atoms with Crippen molar-refractivity contribution in [3.8, 4) is 11.3 Å². The molecule has 3 aliphatic rings. The zero-order valence-electron chi connectivity index (χ0n) is 28.1. The lowest BCUT2D eigenvalue weighted by molar-refractivity contribution is -0.156. The fraction of sp³-hybridized carbons (Fsp3) is 0.457. The number of amides is 4. The van der Waals surface area contributed by atoms with Crippen LogP contribution in [-0.4, -0.2) is 105 Å². The van der Waals surface area contributed by atoms with Crippen LogP contribution in [0.25, 0.3) is 11.3 Å². The highest BCUT2D eigenvalue weighted by Gasteiger charge is 2.53. The van der Waals surface area contributed by atoms with Crippen molar-refractivity contribution in [1.29, 1.82) is 0 Å². The molecule has 4 amide bonds. The Hall–Kier alpha value is -4.15. The number of nitrogens with one attached hydrogen (secondary N) is 2. The number of imide groups is 1. The topological polar surface area (TPSA) is 137 Å². The van der Waals surface area contributed by atoms with Crippen LogP contribution in [0.4, 0.5) is 13.2 Å². The molecule has 1 aromatic heterocycles. The van der Waals surface area contributed by atoms with Crippen LogP contribution in [0.2, 0.25) is 0 Å². The highest BCUT2D eigenvalue weighted by molar-refractivity contribution is 8.20. The number of halogens is 3. The number of aliphatic hydroxyl groups is 1. The summed E-state index contributed by atoms with van der Waals surface area (Å²) >= 11 is 0.795. The number of aliphatic hydroxyl groups excluding tert-OH is 1. The Morgan fingerprint density at radius 1 is 1.16 bits per heavy atom. The average Bonchev–Trinajstić information content (AvgIpc) is 3.75. The number of alkyl halides is 1. The Morgan fingerprint density at radius 2 is 1.90 bits per heavy atom. The molecule has 2 unspecified atom stereocenters. The Kier molecular flexibility index (Phi) is 10.7. The van der Waals surface area contributed by atoms with Crippen molar-refractivity contribution in [3.05, 3.63) is 77.8 Å². The molecule has 4 heterocycles. The molecule has 0 spiro atoms. The first-order chi connectivity index (χ1) is 24.3. The monoisotopic (exact) mass is 722 g/mol. The summed E-state index contributed by atoms with van der Waals surface area (Å²) in [4.78, 5) is 59.5. The maximum Gasteiger partial charge on any atom is 0.253 e. The highest BCUT2D eigenvalue weighted by atomic mass is 32.2. The van der Waals surface area contributed by atoms with Crippen LogP contribution in [-0.2, 0) is 25.7 Å². The number of carbonyl (C=O) groups excluding carboxylic acids is 4. The molecule has 3 fully saturated rings. The zero-order valence-corrected chi connectivity index (χ0v) is 28.9. The lowest BCUT2D eigenvalue weighted by Crippen LogP contribution is -2.61. The summed E-state index contributed by atoms with van der Waals surface area (Å²) in [6, 6.07) is 10.4. The largest absolute Gasteiger partial charge is 0.382 e. The van der Waals surface area contributed by atoms with E-state index < -0.39 is 70.3 Å². The zero-order chi connectivity index (χ0) is 36.6. The Balaban J connectivity index is 1.36. The fourth-order valence-electron chi connectivity index (χ4n) is 7.39. The molecular formula is C35H38BF3N6O5S. The van der Waals surface area contributed by atoms with Gasteiger partial charge in [0, 0.05) is 74.7 Å². The summed E-state index contributed by atoms with van der Waals surface area (Å²) in [6.45, 7) is 3.41. The van der Waals surface area contributed by atoms with Crippen LogP contribution in [0.1, 0.15) is 44.1 Å². The highest BCUT2D eigenvalue weighted by Crippen LogP contribution is 2.45. The van der Waals surface area contributed by atoms with Gasteiger partial charge in [0.2, 0.25) is 17.7 Å². The molecule has 2 aromatic carbocycles. The van der Waals surface area contributed by atoms with Crippen molar-refractivity contribution >= 4 is 42.4 Å². The number of nitrogens with zero attached hydrogens (tertiary/aromatic N) is 4. The molecule has 11 nitrogen and oxygen atoms in total. The van der Waals surface area contributed by atoms with Crippen LogP contribution >= 0.6 is 11.6 Å². The Morgan fingerprint density at radius 3 is 2.61 bits per heavy atom. The van der Waals surface area contributed by atoms with Crippen LogP contribution in [0.5, 0.6) is 0 Å². The van der Waals surface area contributed by atoms with E-state index in [1.165, 1.54) is 4.90 Å². The summed E-state index contributed by atoms with van der Waals surface area (Å²) in [5.74, 6) is -3.92. The number of benzene rings is 2. The minimum absolute atomic E-state index is 0.0212. The van der Waals surface area contributed by atoms with Gasteiger partial charge in [0.05, 0.1) is 17.0 Å². The van der Waals surface area contributed by atoms with Crippen molar-refractivity contribution in [2.24, 2.45) is 11.3 Å². The third-order valence-corrected chi connectivity index (χ3v) is 10.6. The average molecular weight is 723 g/mol. The molecule has 51 heavy (non-hydrogen) atoms. The van der Waals surface area contributed by atoms with Crippen LogP contribution < -0.4 is 10.6 Å². The van der Waals surface area contributed by atoms with E-state index in [4.69, 9.17) is 12.1 Å². The van der Waals surface area contributed by atoms with Gasteiger partial charge in [0.25, 0.3) is 5.91 Å². The summed E-state index contributed by atoms with van der Waals surface area (Å²) in [5, 5.41) is 16.1. The molecule has 0 bridgehead atoms. The van der Waals surface area contributed by atoms with Crippen LogP contribution in [0.15, 0.2) is 54.7 Å². The van der Waals surface area contributed by atoms with Crippen molar-refractivity contribution in [2.45, 2.75) is 62.8 Å². The van der Waals surface area contributed by atoms with Gasteiger partial charge < -0.3 is 25.2 Å². The van der Waals surface area contributed by atoms with Gasteiger partial charge >= 0.3 is 0 Å². The summed E-state index contributed by atoms with van der Waals surface area (Å²) < 4.78 is 46.4. The fourth-order valence-corrected chi connectivity index (χ4v) is 7.87. The van der Waals surface area contributed by atoms with E-state index in [9.17, 15) is 28.7 Å². The van der Waals surface area contributed by atoms with E-state index in [-0.39, 0.29) is 68.6 Å². The van der Waals surface area contributed by atoms with E-state index in [0.29, 0.717) is 0 Å². The molecular weight excluding hydrogens is 684 g/mol. The predicted octanol–water partition coefficient (Wildman–Crippen LogP) is 2.52. The van der Waals surface area contributed by atoms with Gasteiger partial charge in [-0.1, -0.05) is 44.2 Å². The van der Waals surface area contributed by atoms with Gasteiger partial charge in [0.1, 0.15) is 29.7 Å². The molecule has 0 saturated carbocycles. The molecule has 0 aliphatic carbocycles. The lowest BCUT2D eigenvalue weighted by atomic mass is 9.77. The van der Waals surface area contributed by atoms with Gasteiger partial charge in [-0.05, 0) is 23.8 Å². The molecule has 16 heteroatoms. The second kappa shape index (κ2) is 14.8. The number of hydrogen-bond acceptors (Lipinski definition) is 8. The predicted molar refractivity (Wildman–Crippen MR) is 184 cm³/mol. The SMILES string of the molecule is [B]SC1CC(=O)N(CCNC(=O)CC(C)(C)[C@H](c2nc(-c3cc(F)ccc3F)cn2Cc2ccccc2)N2C[C@@H]3C(NC[C@@H]3F)[C@H](O)C2=O)C1=O. The summed E-state index contributed by atoms with van der Waals surface area (Å²) in [7, 11) is 5.53. The smallest absolute Gasteiger partial charge is 0.253 e. The maximum atomic E-state index is 15.2. The first-order valence-corrected chi connectivity index (χ1v) is 17.6. The first kappa shape index (κ1) is 36.6. The van der Waals surface area contributed by atoms with Crippen LogP contribution in [0, 0.1) is 23.0 Å². The number of hydrogen-bond donors (Lipinski definition) is 3. The summed E-state index contributed by atoms with van der Waals surface area (Å²) in [5.41, 5.74) is -0.382. The van der Waals surface area contributed by atoms with E-state index in [2.05, 4.69) is 10.6 Å². The van der Waals surface area contributed by atoms with Gasteiger partial charge in [-0.2, -0.15) is 0 Å². The normalized spacial score (nSPS) is 24.3. The number of likely N-dealkylation sites (tertiary alicyclic amines) is 2. The number of rotatable bonds is 12. The van der Waals surface area contributed by atoms with Gasteiger partial charge in [0.15, 0.2) is 7.12 Å². The Bertz CT molecular complexity index is 1820. The third kappa shape index (κ3) is 7.44. The van der Waals surface area contributed by atoms with Gasteiger partial charge in [-0.3, -0.25) is 24.1 Å². The molecule has 3 N–H and O–H groups in total. The Labute approximate surface area is 298 Å². The van der Waals surface area contributed by atoms with Crippen LogP contribution in [0.3, 0.4) is 0 Å². The second-order valence-corrected chi connectivity index (χ2v) is 14.7. The second-order valence-electron chi connectivity index (χ2n) is 13.9. The number of aromatic nitrogens is 2. The number of piperidine rings is 1. The molecule has 268 valence electrons. The molecule has 3 saturated heterocycles. The molecule has 3 aromatic rings. The molecule has 2 radical (unpaired) electrons. The first-order valence-electron chi connectivity index (χ1n) is 16.7. The lowest BCUT2D eigenvalue weighted by Gasteiger charge is -2.47. The quantitative estimate of drug-likeness (QED) is 0.192. The number of imidazole rings is 1.